The number of allylic oxidation sites excluding steroid dienone is 3. The summed E-state index contributed by atoms with van der Waals surface area (Å²) in [4.78, 5) is 31.3. The van der Waals surface area contributed by atoms with Gasteiger partial charge in [-0.2, -0.15) is 0 Å². The zero-order valence-corrected chi connectivity index (χ0v) is 19.7. The van der Waals surface area contributed by atoms with Crippen molar-refractivity contribution in [2.75, 3.05) is 7.11 Å². The summed E-state index contributed by atoms with van der Waals surface area (Å²) in [6, 6.07) is 11.7. The standard InChI is InChI=1S/C28H30N2O4/c1-17-25(28(32)34-22-7-3-4-8-22)26(19-6-5-13-29-16-19)27-23(30-17)14-20(15-24(27)31)18-9-11-21(33-2)12-10-18/h5-6,9-13,16,20,22,26,30H,3-4,7-8,14-15H2,1-2H3/t20-,26+/m0/s1. The minimum Gasteiger partial charge on any atom is -0.497 e. The molecule has 2 atom stereocenters. The summed E-state index contributed by atoms with van der Waals surface area (Å²) in [7, 11) is 1.64. The summed E-state index contributed by atoms with van der Waals surface area (Å²) < 4.78 is 11.2. The van der Waals surface area contributed by atoms with E-state index < -0.39 is 5.92 Å². The molecule has 2 aliphatic carbocycles. The maximum Gasteiger partial charge on any atom is 0.337 e. The molecule has 0 unspecified atom stereocenters. The van der Waals surface area contributed by atoms with Gasteiger partial charge in [-0.3, -0.25) is 9.78 Å². The fraction of sp³-hybridized carbons (Fsp3) is 0.393. The number of esters is 1. The van der Waals surface area contributed by atoms with Crippen LogP contribution in [0, 0.1) is 0 Å². The van der Waals surface area contributed by atoms with Crippen LogP contribution in [0.5, 0.6) is 5.75 Å². The van der Waals surface area contributed by atoms with Crippen molar-refractivity contribution in [3.05, 3.63) is 82.5 Å². The summed E-state index contributed by atoms with van der Waals surface area (Å²) >= 11 is 0. The quantitative estimate of drug-likeness (QED) is 0.640. The Morgan fingerprint density at radius 3 is 2.50 bits per heavy atom. The van der Waals surface area contributed by atoms with Gasteiger partial charge in [0.1, 0.15) is 11.9 Å². The van der Waals surface area contributed by atoms with Crippen LogP contribution in [0.3, 0.4) is 0 Å². The highest BCUT2D eigenvalue weighted by Crippen LogP contribution is 2.46. The minimum atomic E-state index is -0.469. The molecule has 1 aromatic heterocycles. The topological polar surface area (TPSA) is 77.5 Å². The predicted molar refractivity (Wildman–Crippen MR) is 128 cm³/mol. The number of carbonyl (C=O) groups is 2. The lowest BCUT2D eigenvalue weighted by molar-refractivity contribution is -0.144. The highest BCUT2D eigenvalue weighted by molar-refractivity contribution is 6.04. The van der Waals surface area contributed by atoms with Crippen molar-refractivity contribution in [3.8, 4) is 5.75 Å². The van der Waals surface area contributed by atoms with Crippen molar-refractivity contribution in [1.29, 1.82) is 0 Å². The number of dihydropyridines is 1. The fourth-order valence-corrected chi connectivity index (χ4v) is 5.52. The van der Waals surface area contributed by atoms with Crippen LogP contribution in [0.4, 0.5) is 0 Å². The smallest absolute Gasteiger partial charge is 0.337 e. The summed E-state index contributed by atoms with van der Waals surface area (Å²) in [6.07, 6.45) is 8.48. The molecule has 34 heavy (non-hydrogen) atoms. The van der Waals surface area contributed by atoms with E-state index in [0.29, 0.717) is 24.0 Å². The van der Waals surface area contributed by atoms with Crippen molar-refractivity contribution in [2.24, 2.45) is 0 Å². The lowest BCUT2D eigenvalue weighted by Crippen LogP contribution is -2.36. The number of benzene rings is 1. The maximum absolute atomic E-state index is 13.6. The Balaban J connectivity index is 1.50. The molecule has 1 N–H and O–H groups in total. The van der Waals surface area contributed by atoms with Crippen LogP contribution in [0.15, 0.2) is 71.3 Å². The second-order valence-electron chi connectivity index (χ2n) is 9.39. The van der Waals surface area contributed by atoms with Crippen LogP contribution in [-0.4, -0.2) is 30.0 Å². The number of rotatable bonds is 5. The SMILES string of the molecule is COc1ccc([C@@H]2CC(=O)C3=C(C2)NC(C)=C(C(=O)OC2CCCC2)[C@H]3c2cccnc2)cc1. The van der Waals surface area contributed by atoms with Crippen molar-refractivity contribution in [3.63, 3.8) is 0 Å². The number of hydrogen-bond acceptors (Lipinski definition) is 6. The van der Waals surface area contributed by atoms with Gasteiger partial charge in [0.15, 0.2) is 5.78 Å². The lowest BCUT2D eigenvalue weighted by Gasteiger charge is -2.36. The first-order valence-electron chi connectivity index (χ1n) is 12.0. The van der Waals surface area contributed by atoms with E-state index in [2.05, 4.69) is 10.3 Å². The highest BCUT2D eigenvalue weighted by Gasteiger charge is 2.42. The molecule has 6 heteroatoms. The average Bonchev–Trinajstić information content (AvgIpc) is 3.36. The Morgan fingerprint density at radius 2 is 1.82 bits per heavy atom. The van der Waals surface area contributed by atoms with E-state index in [0.717, 1.165) is 54.0 Å². The molecular formula is C28H30N2O4. The van der Waals surface area contributed by atoms with E-state index in [9.17, 15) is 9.59 Å². The van der Waals surface area contributed by atoms with Crippen LogP contribution >= 0.6 is 0 Å². The number of methoxy groups -OCH3 is 1. The largest absolute Gasteiger partial charge is 0.497 e. The molecule has 176 valence electrons. The van der Waals surface area contributed by atoms with Gasteiger partial charge in [0.05, 0.1) is 12.7 Å². The first-order chi connectivity index (χ1) is 16.5. The van der Waals surface area contributed by atoms with Crippen molar-refractivity contribution in [2.45, 2.75) is 63.4 Å². The molecule has 2 aromatic rings. The molecule has 1 aromatic carbocycles. The van der Waals surface area contributed by atoms with Gasteiger partial charge >= 0.3 is 5.97 Å². The molecule has 1 aliphatic heterocycles. The predicted octanol–water partition coefficient (Wildman–Crippen LogP) is 4.94. The van der Waals surface area contributed by atoms with E-state index in [1.54, 1.807) is 19.5 Å². The van der Waals surface area contributed by atoms with Gasteiger partial charge in [0.25, 0.3) is 0 Å². The van der Waals surface area contributed by atoms with Crippen molar-refractivity contribution in [1.82, 2.24) is 10.3 Å². The fourth-order valence-electron chi connectivity index (χ4n) is 5.52. The number of carbonyl (C=O) groups excluding carboxylic acids is 2. The third-order valence-corrected chi connectivity index (χ3v) is 7.23. The summed E-state index contributed by atoms with van der Waals surface area (Å²) in [6.45, 7) is 1.90. The molecule has 6 nitrogen and oxygen atoms in total. The zero-order chi connectivity index (χ0) is 23.7. The normalized spacial score (nSPS) is 22.9. The van der Waals surface area contributed by atoms with Gasteiger partial charge in [-0.1, -0.05) is 18.2 Å². The molecule has 0 spiro atoms. The third-order valence-electron chi connectivity index (χ3n) is 7.23. The summed E-state index contributed by atoms with van der Waals surface area (Å²) in [5.74, 6) is 0.119. The Kier molecular flexibility index (Phi) is 6.22. The van der Waals surface area contributed by atoms with Crippen molar-refractivity contribution >= 4 is 11.8 Å². The molecule has 1 saturated carbocycles. The van der Waals surface area contributed by atoms with Crippen LogP contribution < -0.4 is 10.1 Å². The van der Waals surface area contributed by atoms with Gasteiger partial charge in [0.2, 0.25) is 0 Å². The molecule has 1 fully saturated rings. The van der Waals surface area contributed by atoms with Gasteiger partial charge in [-0.25, -0.2) is 4.79 Å². The number of aromatic nitrogens is 1. The molecule has 5 rings (SSSR count). The first kappa shape index (κ1) is 22.4. The maximum atomic E-state index is 13.6. The van der Waals surface area contributed by atoms with Crippen LogP contribution in [0.2, 0.25) is 0 Å². The molecule has 0 amide bonds. The summed E-state index contributed by atoms with van der Waals surface area (Å²) in [5.41, 5.74) is 4.77. The van der Waals surface area contributed by atoms with Crippen LogP contribution in [0.25, 0.3) is 0 Å². The number of hydrogen-bond donors (Lipinski definition) is 1. The second-order valence-corrected chi connectivity index (χ2v) is 9.39. The molecule has 0 bridgehead atoms. The monoisotopic (exact) mass is 458 g/mol. The number of Topliss-reactive ketones (excluding diaryl/α,β-unsaturated/α-hetero) is 1. The second kappa shape index (κ2) is 9.45. The van der Waals surface area contributed by atoms with E-state index in [4.69, 9.17) is 9.47 Å². The van der Waals surface area contributed by atoms with E-state index in [1.807, 2.05) is 43.3 Å². The van der Waals surface area contributed by atoms with Crippen molar-refractivity contribution < 1.29 is 19.1 Å². The van der Waals surface area contributed by atoms with Gasteiger partial charge in [0, 0.05) is 41.7 Å². The number of ether oxygens (including phenoxy) is 2. The van der Waals surface area contributed by atoms with Gasteiger partial charge < -0.3 is 14.8 Å². The highest BCUT2D eigenvalue weighted by atomic mass is 16.5. The Labute approximate surface area is 200 Å². The van der Waals surface area contributed by atoms with E-state index >= 15 is 0 Å². The van der Waals surface area contributed by atoms with Gasteiger partial charge in [-0.15, -0.1) is 0 Å². The van der Waals surface area contributed by atoms with Gasteiger partial charge in [-0.05, 0) is 74.3 Å². The Morgan fingerprint density at radius 1 is 1.06 bits per heavy atom. The molecule has 0 saturated heterocycles. The number of nitrogens with one attached hydrogen (secondary N) is 1. The number of ketones is 1. The third kappa shape index (κ3) is 4.25. The number of pyridine rings is 1. The van der Waals surface area contributed by atoms with Crippen LogP contribution in [-0.2, 0) is 14.3 Å². The first-order valence-corrected chi connectivity index (χ1v) is 12.0. The summed E-state index contributed by atoms with van der Waals surface area (Å²) in [5, 5.41) is 3.42. The molecule has 0 radical (unpaired) electrons. The zero-order valence-electron chi connectivity index (χ0n) is 19.7. The van der Waals surface area contributed by atoms with E-state index in [1.165, 1.54) is 0 Å². The molecule has 3 aliphatic rings. The number of nitrogens with zero attached hydrogens (tertiary/aromatic N) is 1. The lowest BCUT2D eigenvalue weighted by atomic mass is 9.72. The minimum absolute atomic E-state index is 0.0424. The average molecular weight is 459 g/mol. The Hall–Kier alpha value is -3.41. The Bertz CT molecular complexity index is 1140. The molecule has 2 heterocycles. The molecular weight excluding hydrogens is 428 g/mol. The van der Waals surface area contributed by atoms with Crippen LogP contribution in [0.1, 0.15) is 68.4 Å². The van der Waals surface area contributed by atoms with E-state index in [-0.39, 0.29) is 23.8 Å².